The van der Waals surface area contributed by atoms with Gasteiger partial charge in [-0.3, -0.25) is 9.59 Å². The summed E-state index contributed by atoms with van der Waals surface area (Å²) in [5, 5.41) is 11.3. The van der Waals surface area contributed by atoms with Crippen molar-refractivity contribution in [2.45, 2.75) is 32.2 Å². The van der Waals surface area contributed by atoms with E-state index in [1.54, 1.807) is 7.11 Å². The molecule has 1 amide bonds. The number of benzene rings is 1. The Morgan fingerprint density at radius 2 is 2.00 bits per heavy atom. The number of methoxy groups -OCH3 is 1. The van der Waals surface area contributed by atoms with Crippen LogP contribution in [0.3, 0.4) is 0 Å². The summed E-state index contributed by atoms with van der Waals surface area (Å²) in [6.45, 7) is 1.88. The van der Waals surface area contributed by atoms with E-state index in [-0.39, 0.29) is 24.8 Å². The second kappa shape index (κ2) is 7.41. The predicted molar refractivity (Wildman–Crippen MR) is 71.2 cm³/mol. The minimum absolute atomic E-state index is 0.00555. The molecule has 104 valence electrons. The number of aliphatic carboxylic acids is 1. The van der Waals surface area contributed by atoms with Gasteiger partial charge in [0.2, 0.25) is 5.91 Å². The standard InChI is InChI=1S/C14H19NO4/c1-10(15-13(16)7-8-14(17)18)9-11-5-3-4-6-12(11)19-2/h3-6,10H,7-9H2,1-2H3,(H,15,16)(H,17,18). The van der Waals surface area contributed by atoms with E-state index in [9.17, 15) is 9.59 Å². The topological polar surface area (TPSA) is 75.6 Å². The summed E-state index contributed by atoms with van der Waals surface area (Å²) < 4.78 is 5.24. The van der Waals surface area contributed by atoms with Crippen LogP contribution in [0.25, 0.3) is 0 Å². The number of hydrogen-bond donors (Lipinski definition) is 2. The highest BCUT2D eigenvalue weighted by Gasteiger charge is 2.11. The van der Waals surface area contributed by atoms with E-state index >= 15 is 0 Å². The Morgan fingerprint density at radius 3 is 2.63 bits per heavy atom. The molecule has 0 saturated carbocycles. The van der Waals surface area contributed by atoms with Crippen LogP contribution in [-0.4, -0.2) is 30.1 Å². The first-order chi connectivity index (χ1) is 9.02. The lowest BCUT2D eigenvalue weighted by molar-refractivity contribution is -0.138. The van der Waals surface area contributed by atoms with Crippen molar-refractivity contribution in [1.29, 1.82) is 0 Å². The monoisotopic (exact) mass is 265 g/mol. The van der Waals surface area contributed by atoms with Crippen LogP contribution in [-0.2, 0) is 16.0 Å². The first kappa shape index (κ1) is 15.0. The van der Waals surface area contributed by atoms with Crippen LogP contribution in [0.4, 0.5) is 0 Å². The normalized spacial score (nSPS) is 11.7. The van der Waals surface area contributed by atoms with Gasteiger partial charge in [0.1, 0.15) is 5.75 Å². The van der Waals surface area contributed by atoms with Crippen molar-refractivity contribution >= 4 is 11.9 Å². The molecule has 19 heavy (non-hydrogen) atoms. The number of carbonyl (C=O) groups is 2. The van der Waals surface area contributed by atoms with Gasteiger partial charge in [-0.15, -0.1) is 0 Å². The van der Waals surface area contributed by atoms with Gasteiger partial charge in [0.25, 0.3) is 0 Å². The van der Waals surface area contributed by atoms with E-state index in [0.717, 1.165) is 11.3 Å². The van der Waals surface area contributed by atoms with E-state index < -0.39 is 5.97 Å². The van der Waals surface area contributed by atoms with Crippen molar-refractivity contribution in [2.24, 2.45) is 0 Å². The first-order valence-electron chi connectivity index (χ1n) is 6.16. The van der Waals surface area contributed by atoms with Gasteiger partial charge in [-0.2, -0.15) is 0 Å². The average Bonchev–Trinajstić information content (AvgIpc) is 2.37. The lowest BCUT2D eigenvalue weighted by atomic mass is 10.1. The number of carboxylic acid groups (broad SMARTS) is 1. The van der Waals surface area contributed by atoms with Crippen molar-refractivity contribution in [3.8, 4) is 5.75 Å². The lowest BCUT2D eigenvalue weighted by Crippen LogP contribution is -2.34. The van der Waals surface area contributed by atoms with Crippen LogP contribution < -0.4 is 10.1 Å². The number of carboxylic acids is 1. The molecular weight excluding hydrogens is 246 g/mol. The Morgan fingerprint density at radius 1 is 1.32 bits per heavy atom. The molecule has 1 unspecified atom stereocenters. The third kappa shape index (κ3) is 5.42. The van der Waals surface area contributed by atoms with Gasteiger partial charge < -0.3 is 15.2 Å². The third-order valence-corrected chi connectivity index (χ3v) is 2.69. The molecule has 1 aromatic carbocycles. The van der Waals surface area contributed by atoms with E-state index in [4.69, 9.17) is 9.84 Å². The Bertz CT molecular complexity index is 445. The Hall–Kier alpha value is -2.04. The molecule has 1 rings (SSSR count). The summed E-state index contributed by atoms with van der Waals surface area (Å²) in [5.74, 6) is -0.425. The second-order valence-electron chi connectivity index (χ2n) is 4.38. The van der Waals surface area contributed by atoms with Crippen LogP contribution >= 0.6 is 0 Å². The van der Waals surface area contributed by atoms with Gasteiger partial charge in [-0.1, -0.05) is 18.2 Å². The number of ether oxygens (including phenoxy) is 1. The van der Waals surface area contributed by atoms with E-state index in [0.29, 0.717) is 6.42 Å². The molecule has 0 heterocycles. The number of hydrogen-bond acceptors (Lipinski definition) is 3. The molecule has 0 spiro atoms. The minimum atomic E-state index is -0.965. The fourth-order valence-electron chi connectivity index (χ4n) is 1.82. The smallest absolute Gasteiger partial charge is 0.303 e. The first-order valence-corrected chi connectivity index (χ1v) is 6.16. The highest BCUT2D eigenvalue weighted by atomic mass is 16.5. The molecule has 5 nitrogen and oxygen atoms in total. The van der Waals surface area contributed by atoms with Crippen molar-refractivity contribution in [2.75, 3.05) is 7.11 Å². The minimum Gasteiger partial charge on any atom is -0.496 e. The summed E-state index contributed by atoms with van der Waals surface area (Å²) in [7, 11) is 1.61. The van der Waals surface area contributed by atoms with Crippen LogP contribution in [0, 0.1) is 0 Å². The summed E-state index contributed by atoms with van der Waals surface area (Å²) in [5.41, 5.74) is 1.01. The predicted octanol–water partition coefficient (Wildman–Crippen LogP) is 1.61. The Kier molecular flexibility index (Phi) is 5.85. The molecule has 0 saturated heterocycles. The Balaban J connectivity index is 2.48. The van der Waals surface area contributed by atoms with Gasteiger partial charge in [0, 0.05) is 12.5 Å². The van der Waals surface area contributed by atoms with Gasteiger partial charge in [-0.05, 0) is 25.0 Å². The number of carbonyl (C=O) groups excluding carboxylic acids is 1. The maximum atomic E-state index is 11.5. The SMILES string of the molecule is COc1ccccc1CC(C)NC(=O)CCC(=O)O. The van der Waals surface area contributed by atoms with Gasteiger partial charge in [0.05, 0.1) is 13.5 Å². The zero-order valence-corrected chi connectivity index (χ0v) is 11.2. The third-order valence-electron chi connectivity index (χ3n) is 2.69. The zero-order chi connectivity index (χ0) is 14.3. The summed E-state index contributed by atoms with van der Waals surface area (Å²) in [6, 6.07) is 7.54. The van der Waals surface area contributed by atoms with Crippen LogP contribution in [0.5, 0.6) is 5.75 Å². The molecule has 0 aliphatic rings. The number of nitrogens with one attached hydrogen (secondary N) is 1. The molecule has 5 heteroatoms. The highest BCUT2D eigenvalue weighted by molar-refractivity contribution is 5.80. The molecule has 1 atom stereocenters. The van der Waals surface area contributed by atoms with Gasteiger partial charge in [-0.25, -0.2) is 0 Å². The number of amides is 1. The van der Waals surface area contributed by atoms with Gasteiger partial charge in [0.15, 0.2) is 0 Å². The molecule has 0 aliphatic carbocycles. The maximum absolute atomic E-state index is 11.5. The largest absolute Gasteiger partial charge is 0.496 e. The average molecular weight is 265 g/mol. The molecule has 0 aromatic heterocycles. The van der Waals surface area contributed by atoms with Crippen molar-refractivity contribution < 1.29 is 19.4 Å². The maximum Gasteiger partial charge on any atom is 0.303 e. The number of para-hydroxylation sites is 1. The van der Waals surface area contributed by atoms with Crippen molar-refractivity contribution in [3.05, 3.63) is 29.8 Å². The summed E-state index contributed by atoms with van der Waals surface area (Å²) in [6.07, 6.45) is 0.502. The molecule has 0 fully saturated rings. The van der Waals surface area contributed by atoms with E-state index in [1.165, 1.54) is 0 Å². The molecule has 2 N–H and O–H groups in total. The molecule has 0 bridgehead atoms. The molecule has 1 aromatic rings. The fourth-order valence-corrected chi connectivity index (χ4v) is 1.82. The molecule has 0 radical (unpaired) electrons. The number of rotatable bonds is 7. The van der Waals surface area contributed by atoms with Crippen molar-refractivity contribution in [3.63, 3.8) is 0 Å². The van der Waals surface area contributed by atoms with Crippen molar-refractivity contribution in [1.82, 2.24) is 5.32 Å². The molecule has 0 aliphatic heterocycles. The lowest BCUT2D eigenvalue weighted by Gasteiger charge is -2.15. The zero-order valence-electron chi connectivity index (χ0n) is 11.2. The van der Waals surface area contributed by atoms with Crippen LogP contribution in [0.1, 0.15) is 25.3 Å². The fraction of sp³-hybridized carbons (Fsp3) is 0.429. The van der Waals surface area contributed by atoms with Crippen LogP contribution in [0.2, 0.25) is 0 Å². The quantitative estimate of drug-likeness (QED) is 0.785. The summed E-state index contributed by atoms with van der Waals surface area (Å²) >= 11 is 0. The summed E-state index contributed by atoms with van der Waals surface area (Å²) in [4.78, 5) is 21.9. The van der Waals surface area contributed by atoms with E-state index in [2.05, 4.69) is 5.32 Å². The molecular formula is C14H19NO4. The second-order valence-corrected chi connectivity index (χ2v) is 4.38. The van der Waals surface area contributed by atoms with Gasteiger partial charge >= 0.3 is 5.97 Å². The Labute approximate surface area is 112 Å². The van der Waals surface area contributed by atoms with Crippen LogP contribution in [0.15, 0.2) is 24.3 Å². The van der Waals surface area contributed by atoms with E-state index in [1.807, 2.05) is 31.2 Å². The highest BCUT2D eigenvalue weighted by Crippen LogP contribution is 2.18.